The highest BCUT2D eigenvalue weighted by Gasteiger charge is 2.24. The van der Waals surface area contributed by atoms with Crippen LogP contribution in [-0.4, -0.2) is 46.9 Å². The summed E-state index contributed by atoms with van der Waals surface area (Å²) in [5.41, 5.74) is 1.64. The first-order valence-electron chi connectivity index (χ1n) is 6.96. The van der Waals surface area contributed by atoms with E-state index in [1.165, 1.54) is 0 Å². The summed E-state index contributed by atoms with van der Waals surface area (Å²) >= 11 is 1.64. The average Bonchev–Trinajstić information content (AvgIpc) is 2.96. The maximum absolute atomic E-state index is 9.35. The molecule has 0 atom stereocenters. The van der Waals surface area contributed by atoms with Crippen molar-refractivity contribution in [2.24, 2.45) is 5.41 Å². The molecule has 0 bridgehead atoms. The van der Waals surface area contributed by atoms with Crippen LogP contribution >= 0.6 is 11.3 Å². The van der Waals surface area contributed by atoms with Crippen molar-refractivity contribution in [1.29, 1.82) is 0 Å². The lowest BCUT2D eigenvalue weighted by molar-refractivity contribution is 0.0402. The Morgan fingerprint density at radius 2 is 1.86 bits per heavy atom. The number of hydrogen-bond acceptors (Lipinski definition) is 5. The van der Waals surface area contributed by atoms with Crippen molar-refractivity contribution in [3.63, 3.8) is 0 Å². The molecule has 1 aromatic carbocycles. The van der Waals surface area contributed by atoms with Gasteiger partial charge in [-0.2, -0.15) is 0 Å². The number of rotatable bonds is 7. The number of aliphatic hydroxyl groups excluding tert-OH is 2. The van der Waals surface area contributed by atoms with Crippen LogP contribution in [0, 0.1) is 5.41 Å². The molecule has 2 rings (SSSR count). The van der Waals surface area contributed by atoms with Gasteiger partial charge in [0.05, 0.1) is 25.5 Å². The van der Waals surface area contributed by atoms with Gasteiger partial charge in [0.2, 0.25) is 0 Å². The minimum absolute atomic E-state index is 0.0268. The summed E-state index contributed by atoms with van der Waals surface area (Å²) in [7, 11) is 1.98. The predicted molar refractivity (Wildman–Crippen MR) is 86.2 cm³/mol. The first kappa shape index (κ1) is 16.1. The second-order valence-electron chi connectivity index (χ2n) is 5.79. The van der Waals surface area contributed by atoms with Gasteiger partial charge in [-0.15, -0.1) is 11.3 Å². The summed E-state index contributed by atoms with van der Waals surface area (Å²) in [6.07, 6.45) is 0. The Bertz CT molecular complexity index is 552. The van der Waals surface area contributed by atoms with Gasteiger partial charge >= 0.3 is 0 Å². The molecule has 5 heteroatoms. The van der Waals surface area contributed by atoms with Gasteiger partial charge in [0.1, 0.15) is 5.01 Å². The highest BCUT2D eigenvalue weighted by Crippen LogP contribution is 2.23. The van der Waals surface area contributed by atoms with Gasteiger partial charge in [-0.05, 0) is 7.05 Å². The number of aliphatic hydroxyl groups is 2. The lowest BCUT2D eigenvalue weighted by Gasteiger charge is -2.29. The molecule has 0 aliphatic rings. The Kier molecular flexibility index (Phi) is 5.47. The minimum atomic E-state index is -0.478. The van der Waals surface area contributed by atoms with Crippen LogP contribution in [0.25, 0.3) is 11.3 Å². The molecule has 4 nitrogen and oxygen atoms in total. The van der Waals surface area contributed by atoms with E-state index in [9.17, 15) is 10.2 Å². The van der Waals surface area contributed by atoms with Gasteiger partial charge in [0, 0.05) is 22.9 Å². The fraction of sp³-hybridized carbons (Fsp3) is 0.438. The van der Waals surface area contributed by atoms with Gasteiger partial charge in [-0.25, -0.2) is 4.98 Å². The van der Waals surface area contributed by atoms with Crippen LogP contribution in [0.2, 0.25) is 0 Å². The Hall–Kier alpha value is -1.27. The highest BCUT2D eigenvalue weighted by molar-refractivity contribution is 7.09. The molecule has 0 radical (unpaired) electrons. The quantitative estimate of drug-likeness (QED) is 0.823. The molecule has 2 N–H and O–H groups in total. The summed E-state index contributed by atoms with van der Waals surface area (Å²) in [6, 6.07) is 10.1. The first-order valence-corrected chi connectivity index (χ1v) is 7.84. The van der Waals surface area contributed by atoms with Crippen LogP contribution in [0.1, 0.15) is 11.9 Å². The van der Waals surface area contributed by atoms with Crippen LogP contribution in [0.15, 0.2) is 35.7 Å². The van der Waals surface area contributed by atoms with E-state index in [1.807, 2.05) is 32.2 Å². The van der Waals surface area contributed by atoms with Crippen molar-refractivity contribution >= 4 is 11.3 Å². The van der Waals surface area contributed by atoms with E-state index in [-0.39, 0.29) is 13.2 Å². The van der Waals surface area contributed by atoms with Crippen molar-refractivity contribution in [3.05, 3.63) is 40.7 Å². The Labute approximate surface area is 129 Å². The van der Waals surface area contributed by atoms with Crippen molar-refractivity contribution in [2.45, 2.75) is 13.5 Å². The summed E-state index contributed by atoms with van der Waals surface area (Å²) < 4.78 is 0. The SMILES string of the molecule is CN(Cc1nc(-c2ccccc2)cs1)CC(C)(CO)CO. The average molecular weight is 306 g/mol. The fourth-order valence-corrected chi connectivity index (χ4v) is 3.10. The molecule has 2 aromatic rings. The number of hydrogen-bond donors (Lipinski definition) is 2. The van der Waals surface area contributed by atoms with E-state index in [0.717, 1.165) is 16.3 Å². The molecule has 21 heavy (non-hydrogen) atoms. The highest BCUT2D eigenvalue weighted by atomic mass is 32.1. The molecular weight excluding hydrogens is 284 g/mol. The van der Waals surface area contributed by atoms with Crippen LogP contribution < -0.4 is 0 Å². The Morgan fingerprint density at radius 1 is 1.19 bits per heavy atom. The van der Waals surface area contributed by atoms with Crippen molar-refractivity contribution in [2.75, 3.05) is 26.8 Å². The minimum Gasteiger partial charge on any atom is -0.396 e. The number of benzene rings is 1. The normalized spacial score (nSPS) is 12.0. The zero-order valence-corrected chi connectivity index (χ0v) is 13.3. The smallest absolute Gasteiger partial charge is 0.107 e. The fourth-order valence-electron chi connectivity index (χ4n) is 2.21. The Balaban J connectivity index is 1.99. The molecule has 0 fully saturated rings. The molecule has 0 spiro atoms. The third-order valence-electron chi connectivity index (χ3n) is 3.44. The first-order chi connectivity index (χ1) is 10.1. The molecule has 0 saturated carbocycles. The molecule has 0 aliphatic heterocycles. The van der Waals surface area contributed by atoms with Gasteiger partial charge in [0.25, 0.3) is 0 Å². The third kappa shape index (κ3) is 4.35. The molecule has 0 unspecified atom stereocenters. The number of aromatic nitrogens is 1. The van der Waals surface area contributed by atoms with E-state index in [0.29, 0.717) is 13.1 Å². The van der Waals surface area contributed by atoms with E-state index in [1.54, 1.807) is 11.3 Å². The van der Waals surface area contributed by atoms with Gasteiger partial charge in [-0.3, -0.25) is 4.90 Å². The maximum atomic E-state index is 9.35. The van der Waals surface area contributed by atoms with Crippen LogP contribution in [0.4, 0.5) is 0 Å². The van der Waals surface area contributed by atoms with Gasteiger partial charge in [0.15, 0.2) is 0 Å². The number of thiazole rings is 1. The van der Waals surface area contributed by atoms with E-state index in [4.69, 9.17) is 0 Å². The predicted octanol–water partition coefficient (Wildman–Crippen LogP) is 2.23. The molecule has 114 valence electrons. The molecule has 1 heterocycles. The molecular formula is C16H22N2O2S. The summed E-state index contributed by atoms with van der Waals surface area (Å²) in [6.45, 7) is 3.16. The maximum Gasteiger partial charge on any atom is 0.107 e. The van der Waals surface area contributed by atoms with Crippen LogP contribution in [0.5, 0.6) is 0 Å². The third-order valence-corrected chi connectivity index (χ3v) is 4.28. The second kappa shape index (κ2) is 7.13. The van der Waals surface area contributed by atoms with Crippen molar-refractivity contribution in [3.8, 4) is 11.3 Å². The van der Waals surface area contributed by atoms with E-state index >= 15 is 0 Å². The topological polar surface area (TPSA) is 56.6 Å². The van der Waals surface area contributed by atoms with Gasteiger partial charge in [-0.1, -0.05) is 37.3 Å². The molecule has 0 amide bonds. The Morgan fingerprint density at radius 3 is 2.48 bits per heavy atom. The van der Waals surface area contributed by atoms with E-state index in [2.05, 4.69) is 27.4 Å². The van der Waals surface area contributed by atoms with Crippen molar-refractivity contribution in [1.82, 2.24) is 9.88 Å². The zero-order chi connectivity index (χ0) is 15.3. The largest absolute Gasteiger partial charge is 0.396 e. The van der Waals surface area contributed by atoms with Crippen LogP contribution in [-0.2, 0) is 6.54 Å². The second-order valence-corrected chi connectivity index (χ2v) is 6.73. The molecule has 1 aromatic heterocycles. The van der Waals surface area contributed by atoms with Gasteiger partial charge < -0.3 is 10.2 Å². The van der Waals surface area contributed by atoms with Crippen molar-refractivity contribution < 1.29 is 10.2 Å². The lowest BCUT2D eigenvalue weighted by Crippen LogP contribution is -2.38. The standard InChI is InChI=1S/C16H22N2O2S/c1-16(11-19,12-20)10-18(2)8-15-17-14(9-21-15)13-6-4-3-5-7-13/h3-7,9,19-20H,8,10-12H2,1-2H3. The monoisotopic (exact) mass is 306 g/mol. The van der Waals surface area contributed by atoms with Crippen LogP contribution in [0.3, 0.4) is 0 Å². The molecule has 0 saturated heterocycles. The molecule has 0 aliphatic carbocycles. The summed E-state index contributed by atoms with van der Waals surface area (Å²) in [5, 5.41) is 21.8. The zero-order valence-electron chi connectivity index (χ0n) is 12.5. The van der Waals surface area contributed by atoms with E-state index < -0.39 is 5.41 Å². The summed E-state index contributed by atoms with van der Waals surface area (Å²) in [5.74, 6) is 0. The number of nitrogens with zero attached hydrogens (tertiary/aromatic N) is 2. The summed E-state index contributed by atoms with van der Waals surface area (Å²) in [4.78, 5) is 6.74. The lowest BCUT2D eigenvalue weighted by atomic mass is 9.92.